The van der Waals surface area contributed by atoms with Gasteiger partial charge in [-0.2, -0.15) is 0 Å². The third kappa shape index (κ3) is 24.6. The summed E-state index contributed by atoms with van der Waals surface area (Å²) in [6, 6.07) is -1.16. The van der Waals surface area contributed by atoms with Crippen molar-refractivity contribution in [3.63, 3.8) is 0 Å². The van der Waals surface area contributed by atoms with Crippen LogP contribution in [0.2, 0.25) is 0 Å². The van der Waals surface area contributed by atoms with Gasteiger partial charge in [0.2, 0.25) is 5.91 Å². The topological polar surface area (TPSA) is 226 Å². The van der Waals surface area contributed by atoms with Crippen LogP contribution in [-0.2, 0) is 18.4 Å². The zero-order valence-electron chi connectivity index (χ0n) is 34.5. The predicted molar refractivity (Wildman–Crippen MR) is 220 cm³/mol. The summed E-state index contributed by atoms with van der Waals surface area (Å²) in [6.07, 6.45) is 19.5. The second-order valence-electron chi connectivity index (χ2n) is 15.7. The van der Waals surface area contributed by atoms with E-state index in [-0.39, 0.29) is 12.8 Å². The largest absolute Gasteiger partial charge is 0.472 e. The highest BCUT2D eigenvalue weighted by atomic mass is 31.2. The molecule has 0 aromatic carbocycles. The number of allylic oxidation sites excluding steroid dienone is 4. The van der Waals surface area contributed by atoms with Gasteiger partial charge in [0.25, 0.3) is 0 Å². The number of carbonyl (C=O) groups excluding carboxylic acids is 1. The van der Waals surface area contributed by atoms with Gasteiger partial charge in [0, 0.05) is 0 Å². The Balaban J connectivity index is 2.56. The van der Waals surface area contributed by atoms with E-state index in [4.69, 9.17) is 9.05 Å². The lowest BCUT2D eigenvalue weighted by Crippen LogP contribution is -2.64. The Kier molecular flexibility index (Phi) is 30.7. The molecule has 1 aliphatic carbocycles. The van der Waals surface area contributed by atoms with Crippen LogP contribution in [-0.4, -0.2) is 108 Å². The van der Waals surface area contributed by atoms with E-state index >= 15 is 0 Å². The molecule has 1 fully saturated rings. The average molecular weight is 822 g/mol. The molecule has 1 rings (SSSR count). The maximum absolute atomic E-state index is 13.0. The summed E-state index contributed by atoms with van der Waals surface area (Å²) >= 11 is 0. The Bertz CT molecular complexity index is 1060. The number of amides is 1. The van der Waals surface area contributed by atoms with E-state index in [0.29, 0.717) is 12.8 Å². The second kappa shape index (κ2) is 32.6. The van der Waals surface area contributed by atoms with Crippen molar-refractivity contribution in [3.05, 3.63) is 24.3 Å². The van der Waals surface area contributed by atoms with Crippen LogP contribution in [0.15, 0.2) is 24.3 Å². The molecule has 0 aromatic heterocycles. The van der Waals surface area contributed by atoms with Gasteiger partial charge in [-0.15, -0.1) is 0 Å². The molecule has 8 unspecified atom stereocenters. The summed E-state index contributed by atoms with van der Waals surface area (Å²) < 4.78 is 22.8. The van der Waals surface area contributed by atoms with Crippen molar-refractivity contribution < 1.29 is 59.0 Å². The van der Waals surface area contributed by atoms with E-state index < -0.39 is 75.2 Å². The standard InChI is InChI=1S/C42H80NO12P/c1-3-5-7-9-11-13-15-16-17-18-20-21-23-25-27-29-33(44)31-36(46)43-34(35(45)30-28-26-24-22-19-14-12-10-8-6-4-2)32-54-56(52,53)55-42-40(50)38(48)37(47)39(49)41(42)51/h11,13,16-17,33-35,37-42,44-45,47-51H,3-10,12,14-15,18-32H2,1-2H3,(H,43,46)(H,52,53)/b13-11-,17-16-. The van der Waals surface area contributed by atoms with Crippen LogP contribution in [0.4, 0.5) is 0 Å². The van der Waals surface area contributed by atoms with Crippen molar-refractivity contribution in [2.45, 2.75) is 229 Å². The lowest BCUT2D eigenvalue weighted by Gasteiger charge is -2.41. The Hall–Kier alpha value is -1.22. The van der Waals surface area contributed by atoms with Crippen molar-refractivity contribution in [2.75, 3.05) is 6.61 Å². The number of phosphoric ester groups is 1. The first-order valence-electron chi connectivity index (χ1n) is 21.9. The molecule has 0 radical (unpaired) electrons. The predicted octanol–water partition coefficient (Wildman–Crippen LogP) is 6.42. The van der Waals surface area contributed by atoms with Gasteiger partial charge >= 0.3 is 7.82 Å². The van der Waals surface area contributed by atoms with E-state index in [0.717, 1.165) is 77.0 Å². The molecule has 0 spiro atoms. The minimum atomic E-state index is -5.11. The second-order valence-corrected chi connectivity index (χ2v) is 17.1. The maximum atomic E-state index is 13.0. The van der Waals surface area contributed by atoms with Gasteiger partial charge in [0.15, 0.2) is 0 Å². The number of rotatable bonds is 35. The van der Waals surface area contributed by atoms with Crippen molar-refractivity contribution >= 4 is 13.7 Å². The molecule has 0 bridgehead atoms. The first-order valence-corrected chi connectivity index (χ1v) is 23.4. The zero-order chi connectivity index (χ0) is 41.6. The monoisotopic (exact) mass is 822 g/mol. The molecule has 0 aliphatic heterocycles. The Morgan fingerprint density at radius 3 is 1.59 bits per heavy atom. The van der Waals surface area contributed by atoms with Gasteiger partial charge in [-0.1, -0.05) is 147 Å². The smallest absolute Gasteiger partial charge is 0.393 e. The third-order valence-corrected chi connectivity index (χ3v) is 11.6. The minimum absolute atomic E-state index is 0.231. The molecule has 330 valence electrons. The Morgan fingerprint density at radius 2 is 1.05 bits per heavy atom. The Morgan fingerprint density at radius 1 is 0.625 bits per heavy atom. The molecule has 0 saturated heterocycles. The number of carbonyl (C=O) groups is 1. The zero-order valence-corrected chi connectivity index (χ0v) is 35.4. The molecule has 1 amide bonds. The van der Waals surface area contributed by atoms with Crippen LogP contribution >= 0.6 is 7.82 Å². The van der Waals surface area contributed by atoms with Crippen LogP contribution < -0.4 is 5.32 Å². The highest BCUT2D eigenvalue weighted by Crippen LogP contribution is 2.47. The lowest BCUT2D eigenvalue weighted by molar-refractivity contribution is -0.220. The number of hydrogen-bond acceptors (Lipinski definition) is 11. The van der Waals surface area contributed by atoms with Crippen LogP contribution in [0.5, 0.6) is 0 Å². The van der Waals surface area contributed by atoms with Crippen LogP contribution in [0.1, 0.15) is 174 Å². The van der Waals surface area contributed by atoms with E-state index in [1.54, 1.807) is 0 Å². The van der Waals surface area contributed by atoms with Gasteiger partial charge < -0.3 is 46.0 Å². The number of phosphoric acid groups is 1. The fraction of sp³-hybridized carbons (Fsp3) is 0.881. The first-order chi connectivity index (χ1) is 26.8. The van der Waals surface area contributed by atoms with Gasteiger partial charge in [0.05, 0.1) is 31.3 Å². The van der Waals surface area contributed by atoms with E-state index in [2.05, 4.69) is 43.5 Å². The molecule has 56 heavy (non-hydrogen) atoms. The van der Waals surface area contributed by atoms with Crippen molar-refractivity contribution in [1.29, 1.82) is 0 Å². The number of hydrogen-bond donors (Lipinski definition) is 9. The fourth-order valence-electron chi connectivity index (χ4n) is 6.92. The SMILES string of the molecule is CCCCC/C=C\C/C=C\CCCCCCCC(O)CC(=O)NC(COP(=O)(O)OC1C(O)C(O)C(O)C(O)C1O)C(O)CCCCCCCCCCCCC. The van der Waals surface area contributed by atoms with Crippen molar-refractivity contribution in [2.24, 2.45) is 0 Å². The van der Waals surface area contributed by atoms with Crippen LogP contribution in [0, 0.1) is 0 Å². The number of aliphatic hydroxyl groups excluding tert-OH is 7. The summed E-state index contributed by atoms with van der Waals surface area (Å²) in [5.74, 6) is -0.571. The van der Waals surface area contributed by atoms with Crippen LogP contribution in [0.25, 0.3) is 0 Å². The fourth-order valence-corrected chi connectivity index (χ4v) is 7.89. The first kappa shape index (κ1) is 52.8. The average Bonchev–Trinajstić information content (AvgIpc) is 3.17. The Labute approximate surface area is 337 Å². The summed E-state index contributed by atoms with van der Waals surface area (Å²) in [6.45, 7) is 3.72. The molecule has 14 heteroatoms. The molecule has 1 aliphatic rings. The summed E-state index contributed by atoms with van der Waals surface area (Å²) in [5, 5.41) is 74.4. The van der Waals surface area contributed by atoms with E-state index in [1.807, 2.05) is 0 Å². The normalized spacial score (nSPS) is 24.4. The molecule has 13 nitrogen and oxygen atoms in total. The quantitative estimate of drug-likeness (QED) is 0.0192. The summed E-state index contributed by atoms with van der Waals surface area (Å²) in [7, 11) is -5.11. The molecule has 8 atom stereocenters. The highest BCUT2D eigenvalue weighted by molar-refractivity contribution is 7.47. The maximum Gasteiger partial charge on any atom is 0.472 e. The van der Waals surface area contributed by atoms with Crippen molar-refractivity contribution in [1.82, 2.24) is 5.32 Å². The van der Waals surface area contributed by atoms with E-state index in [9.17, 15) is 50.0 Å². The van der Waals surface area contributed by atoms with Gasteiger partial charge in [-0.25, -0.2) is 4.57 Å². The number of aliphatic hydroxyl groups is 7. The number of unbranched alkanes of at least 4 members (excludes halogenated alkanes) is 18. The van der Waals surface area contributed by atoms with Gasteiger partial charge in [0.1, 0.15) is 36.6 Å². The molecule has 1 saturated carbocycles. The van der Waals surface area contributed by atoms with Crippen molar-refractivity contribution in [3.8, 4) is 0 Å². The number of nitrogens with one attached hydrogen (secondary N) is 1. The molecule has 0 aromatic rings. The van der Waals surface area contributed by atoms with E-state index in [1.165, 1.54) is 57.8 Å². The third-order valence-electron chi connectivity index (χ3n) is 10.6. The van der Waals surface area contributed by atoms with Gasteiger partial charge in [-0.3, -0.25) is 13.8 Å². The molecule has 9 N–H and O–H groups in total. The van der Waals surface area contributed by atoms with Crippen LogP contribution in [0.3, 0.4) is 0 Å². The molecule has 0 heterocycles. The molecular weight excluding hydrogens is 741 g/mol. The molecular formula is C42H80NO12P. The lowest BCUT2D eigenvalue weighted by atomic mass is 9.85. The minimum Gasteiger partial charge on any atom is -0.393 e. The summed E-state index contributed by atoms with van der Waals surface area (Å²) in [4.78, 5) is 23.4. The van der Waals surface area contributed by atoms with Gasteiger partial charge in [-0.05, 0) is 44.9 Å². The summed E-state index contributed by atoms with van der Waals surface area (Å²) in [5.41, 5.74) is 0. The highest BCUT2D eigenvalue weighted by Gasteiger charge is 2.51.